The van der Waals surface area contributed by atoms with E-state index in [1.807, 2.05) is 49.2 Å². The molecular formula is C16H23N3O3. The van der Waals surface area contributed by atoms with Crippen LogP contribution in [0.25, 0.3) is 0 Å². The Bertz CT molecular complexity index is 559. The first-order chi connectivity index (χ1) is 10.6. The lowest BCUT2D eigenvalue weighted by Crippen LogP contribution is -2.34. The molecule has 2 aromatic rings. The van der Waals surface area contributed by atoms with Crippen LogP contribution in [0, 0.1) is 6.92 Å². The standard InChI is InChI=1S/C16H23N3O3/c1-12(16-17-13(2)18-22-16)19(3)9-15(20)11-21-10-14-7-5-4-6-8-14/h4-8,12,15,20H,9-11H2,1-3H3. The number of aromatic nitrogens is 2. The van der Waals surface area contributed by atoms with Crippen LogP contribution in [0.4, 0.5) is 0 Å². The number of aliphatic hydroxyl groups is 1. The molecule has 2 unspecified atom stereocenters. The maximum atomic E-state index is 10.1. The fraction of sp³-hybridized carbons (Fsp3) is 0.500. The van der Waals surface area contributed by atoms with Crippen molar-refractivity contribution in [1.82, 2.24) is 15.0 Å². The Morgan fingerprint density at radius 3 is 2.68 bits per heavy atom. The van der Waals surface area contributed by atoms with Crippen molar-refractivity contribution in [1.29, 1.82) is 0 Å². The number of likely N-dealkylation sites (N-methyl/N-ethyl adjacent to an activating group) is 1. The van der Waals surface area contributed by atoms with Gasteiger partial charge in [0.05, 0.1) is 25.4 Å². The van der Waals surface area contributed by atoms with Crippen LogP contribution >= 0.6 is 0 Å². The minimum atomic E-state index is -0.569. The van der Waals surface area contributed by atoms with Crippen molar-refractivity contribution in [2.75, 3.05) is 20.2 Å². The number of hydrogen-bond acceptors (Lipinski definition) is 6. The highest BCUT2D eigenvalue weighted by Gasteiger charge is 2.20. The van der Waals surface area contributed by atoms with Crippen LogP contribution in [0.1, 0.15) is 30.2 Å². The van der Waals surface area contributed by atoms with Crippen molar-refractivity contribution in [3.05, 3.63) is 47.6 Å². The van der Waals surface area contributed by atoms with Gasteiger partial charge in [-0.1, -0.05) is 35.5 Å². The summed E-state index contributed by atoms with van der Waals surface area (Å²) in [6, 6.07) is 9.85. The van der Waals surface area contributed by atoms with Crippen LogP contribution < -0.4 is 0 Å². The third-order valence-electron chi connectivity index (χ3n) is 3.48. The number of aliphatic hydroxyl groups excluding tert-OH is 1. The zero-order valence-electron chi connectivity index (χ0n) is 13.3. The Labute approximate surface area is 130 Å². The molecule has 1 heterocycles. The lowest BCUT2D eigenvalue weighted by atomic mass is 10.2. The summed E-state index contributed by atoms with van der Waals surface area (Å²) in [6.45, 7) is 5.00. The van der Waals surface area contributed by atoms with Gasteiger partial charge in [0.25, 0.3) is 0 Å². The van der Waals surface area contributed by atoms with Crippen molar-refractivity contribution in [2.24, 2.45) is 0 Å². The Hall–Kier alpha value is -1.76. The molecule has 1 aromatic carbocycles. The van der Waals surface area contributed by atoms with Gasteiger partial charge in [-0.2, -0.15) is 4.98 Å². The first kappa shape index (κ1) is 16.6. The van der Waals surface area contributed by atoms with E-state index < -0.39 is 6.10 Å². The number of benzene rings is 1. The normalized spacial score (nSPS) is 14.2. The van der Waals surface area contributed by atoms with Crippen molar-refractivity contribution >= 4 is 0 Å². The van der Waals surface area contributed by atoms with Crippen molar-refractivity contribution in [3.63, 3.8) is 0 Å². The van der Waals surface area contributed by atoms with Crippen LogP contribution in [0.15, 0.2) is 34.9 Å². The molecule has 0 bridgehead atoms. The molecule has 0 saturated carbocycles. The average molecular weight is 305 g/mol. The molecular weight excluding hydrogens is 282 g/mol. The summed E-state index contributed by atoms with van der Waals surface area (Å²) in [5, 5.41) is 13.8. The SMILES string of the molecule is Cc1noc(C(C)N(C)CC(O)COCc2ccccc2)n1. The van der Waals surface area contributed by atoms with Crippen molar-refractivity contribution < 1.29 is 14.4 Å². The number of aryl methyl sites for hydroxylation is 1. The molecule has 0 radical (unpaired) electrons. The van der Waals surface area contributed by atoms with Gasteiger partial charge in [-0.25, -0.2) is 0 Å². The summed E-state index contributed by atoms with van der Waals surface area (Å²) in [5.41, 5.74) is 1.10. The van der Waals surface area contributed by atoms with E-state index in [2.05, 4.69) is 10.1 Å². The Kier molecular flexibility index (Phi) is 6.06. The molecule has 0 aliphatic heterocycles. The largest absolute Gasteiger partial charge is 0.389 e. The first-order valence-corrected chi connectivity index (χ1v) is 7.36. The fourth-order valence-electron chi connectivity index (χ4n) is 2.10. The van der Waals surface area contributed by atoms with Gasteiger partial charge in [-0.3, -0.25) is 4.90 Å². The molecule has 0 amide bonds. The lowest BCUT2D eigenvalue weighted by molar-refractivity contribution is 0.00653. The summed E-state index contributed by atoms with van der Waals surface area (Å²) >= 11 is 0. The predicted octanol–water partition coefficient (Wildman–Crippen LogP) is 1.95. The van der Waals surface area contributed by atoms with E-state index in [0.717, 1.165) is 5.56 Å². The van der Waals surface area contributed by atoms with E-state index in [4.69, 9.17) is 9.26 Å². The second-order valence-electron chi connectivity index (χ2n) is 5.45. The molecule has 6 nitrogen and oxygen atoms in total. The number of rotatable bonds is 8. The molecule has 6 heteroatoms. The number of ether oxygens (including phenoxy) is 1. The summed E-state index contributed by atoms with van der Waals surface area (Å²) in [5.74, 6) is 1.17. The van der Waals surface area contributed by atoms with Gasteiger partial charge in [-0.15, -0.1) is 0 Å². The minimum Gasteiger partial charge on any atom is -0.389 e. The predicted molar refractivity (Wildman–Crippen MR) is 82.2 cm³/mol. The van der Waals surface area contributed by atoms with Crippen LogP contribution in [-0.2, 0) is 11.3 Å². The molecule has 0 aliphatic rings. The first-order valence-electron chi connectivity index (χ1n) is 7.36. The average Bonchev–Trinajstić information content (AvgIpc) is 2.94. The molecule has 120 valence electrons. The van der Waals surface area contributed by atoms with E-state index in [1.165, 1.54) is 0 Å². The molecule has 22 heavy (non-hydrogen) atoms. The van der Waals surface area contributed by atoms with Gasteiger partial charge in [0.1, 0.15) is 0 Å². The molecule has 2 rings (SSSR count). The van der Waals surface area contributed by atoms with Gasteiger partial charge in [0.2, 0.25) is 5.89 Å². The fourth-order valence-corrected chi connectivity index (χ4v) is 2.10. The van der Waals surface area contributed by atoms with Gasteiger partial charge >= 0.3 is 0 Å². The van der Waals surface area contributed by atoms with Gasteiger partial charge in [0, 0.05) is 6.54 Å². The van der Waals surface area contributed by atoms with E-state index in [9.17, 15) is 5.11 Å². The highest BCUT2D eigenvalue weighted by molar-refractivity contribution is 5.13. The maximum absolute atomic E-state index is 10.1. The van der Waals surface area contributed by atoms with Gasteiger partial charge in [-0.05, 0) is 26.5 Å². The molecule has 0 aliphatic carbocycles. The maximum Gasteiger partial charge on any atom is 0.243 e. The zero-order valence-corrected chi connectivity index (χ0v) is 13.3. The van der Waals surface area contributed by atoms with Crippen molar-refractivity contribution in [2.45, 2.75) is 32.6 Å². The van der Waals surface area contributed by atoms with Crippen LogP contribution in [0.2, 0.25) is 0 Å². The third kappa shape index (κ3) is 4.91. The molecule has 1 aromatic heterocycles. The third-order valence-corrected chi connectivity index (χ3v) is 3.48. The Morgan fingerprint density at radius 2 is 2.05 bits per heavy atom. The second-order valence-corrected chi connectivity index (χ2v) is 5.45. The van der Waals surface area contributed by atoms with Crippen LogP contribution in [-0.4, -0.2) is 46.5 Å². The van der Waals surface area contributed by atoms with E-state index in [0.29, 0.717) is 24.9 Å². The molecule has 0 spiro atoms. The van der Waals surface area contributed by atoms with E-state index >= 15 is 0 Å². The topological polar surface area (TPSA) is 71.6 Å². The highest BCUT2D eigenvalue weighted by Crippen LogP contribution is 2.16. The Balaban J connectivity index is 1.73. The lowest BCUT2D eigenvalue weighted by Gasteiger charge is -2.24. The number of hydrogen-bond donors (Lipinski definition) is 1. The van der Waals surface area contributed by atoms with E-state index in [1.54, 1.807) is 6.92 Å². The monoisotopic (exact) mass is 305 g/mol. The quantitative estimate of drug-likeness (QED) is 0.803. The number of nitrogens with zero attached hydrogens (tertiary/aromatic N) is 3. The van der Waals surface area contributed by atoms with Gasteiger partial charge < -0.3 is 14.4 Å². The molecule has 2 atom stereocenters. The molecule has 0 saturated heterocycles. The zero-order chi connectivity index (χ0) is 15.9. The summed E-state index contributed by atoms with van der Waals surface area (Å²) < 4.78 is 10.7. The van der Waals surface area contributed by atoms with Crippen LogP contribution in [0.3, 0.4) is 0 Å². The van der Waals surface area contributed by atoms with Crippen molar-refractivity contribution in [3.8, 4) is 0 Å². The smallest absolute Gasteiger partial charge is 0.243 e. The summed E-state index contributed by atoms with van der Waals surface area (Å²) in [4.78, 5) is 6.17. The second kappa shape index (κ2) is 8.03. The van der Waals surface area contributed by atoms with Crippen LogP contribution in [0.5, 0.6) is 0 Å². The van der Waals surface area contributed by atoms with E-state index in [-0.39, 0.29) is 12.6 Å². The Morgan fingerprint density at radius 1 is 1.32 bits per heavy atom. The summed E-state index contributed by atoms with van der Waals surface area (Å²) in [7, 11) is 1.91. The molecule has 1 N–H and O–H groups in total. The minimum absolute atomic E-state index is 0.0510. The van der Waals surface area contributed by atoms with Gasteiger partial charge in [0.15, 0.2) is 5.82 Å². The molecule has 0 fully saturated rings. The summed E-state index contributed by atoms with van der Waals surface area (Å²) in [6.07, 6.45) is -0.569. The highest BCUT2D eigenvalue weighted by atomic mass is 16.5.